The van der Waals surface area contributed by atoms with Crippen molar-refractivity contribution < 1.29 is 18.7 Å². The van der Waals surface area contributed by atoms with Crippen molar-refractivity contribution in [2.24, 2.45) is 5.92 Å². The summed E-state index contributed by atoms with van der Waals surface area (Å²) in [6, 6.07) is 8.74. The summed E-state index contributed by atoms with van der Waals surface area (Å²) in [6.07, 6.45) is 0. The number of methoxy groups -OCH3 is 1. The molecule has 0 spiro atoms. The van der Waals surface area contributed by atoms with Gasteiger partial charge < -0.3 is 14.5 Å². The average molecular weight is 316 g/mol. The van der Waals surface area contributed by atoms with Gasteiger partial charge >= 0.3 is 5.97 Å². The Labute approximate surface area is 134 Å². The van der Waals surface area contributed by atoms with E-state index in [1.165, 1.54) is 7.11 Å². The first-order valence-electron chi connectivity index (χ1n) is 7.31. The number of carbonyl (C=O) groups excluding carboxylic acids is 2. The minimum Gasteiger partial charge on any atom is -0.469 e. The van der Waals surface area contributed by atoms with Crippen molar-refractivity contribution in [3.8, 4) is 0 Å². The number of nitrogens with zero attached hydrogens (tertiary/aromatic N) is 1. The molecule has 0 fully saturated rings. The highest BCUT2D eigenvalue weighted by molar-refractivity contribution is 5.93. The van der Waals surface area contributed by atoms with Gasteiger partial charge in [0.25, 0.3) is 5.91 Å². The summed E-state index contributed by atoms with van der Waals surface area (Å²) >= 11 is 0. The van der Waals surface area contributed by atoms with Gasteiger partial charge in [0.1, 0.15) is 0 Å². The Bertz CT molecular complexity index is 694. The lowest BCUT2D eigenvalue weighted by atomic mass is 9.94. The molecule has 2 aromatic rings. The van der Waals surface area contributed by atoms with Crippen LogP contribution in [0.2, 0.25) is 0 Å². The van der Waals surface area contributed by atoms with Crippen LogP contribution in [0.15, 0.2) is 34.7 Å². The van der Waals surface area contributed by atoms with Gasteiger partial charge in [0.15, 0.2) is 5.89 Å². The van der Waals surface area contributed by atoms with Gasteiger partial charge in [-0.1, -0.05) is 30.3 Å². The van der Waals surface area contributed by atoms with E-state index in [0.29, 0.717) is 11.6 Å². The van der Waals surface area contributed by atoms with Crippen LogP contribution in [-0.2, 0) is 9.53 Å². The standard InChI is InChI=1S/C17H20N2O4/c1-10(17(21)22-4)14(13-8-6-5-7-9-13)19-16(20)15-11(2)18-12(3)23-15/h5-10,14H,1-4H3,(H,19,20). The van der Waals surface area contributed by atoms with E-state index >= 15 is 0 Å². The summed E-state index contributed by atoms with van der Waals surface area (Å²) in [7, 11) is 1.33. The second-order valence-electron chi connectivity index (χ2n) is 5.32. The minimum atomic E-state index is -0.546. The largest absolute Gasteiger partial charge is 0.469 e. The van der Waals surface area contributed by atoms with Gasteiger partial charge in [-0.25, -0.2) is 4.98 Å². The summed E-state index contributed by atoms with van der Waals surface area (Å²) in [5.41, 5.74) is 1.32. The number of ether oxygens (including phenoxy) is 1. The number of benzene rings is 1. The molecule has 6 nitrogen and oxygen atoms in total. The van der Waals surface area contributed by atoms with Crippen LogP contribution in [0.4, 0.5) is 0 Å². The molecule has 0 aliphatic carbocycles. The number of amides is 1. The Morgan fingerprint density at radius 2 is 1.87 bits per heavy atom. The maximum absolute atomic E-state index is 12.5. The first-order chi connectivity index (χ1) is 10.9. The molecule has 1 amide bonds. The van der Waals surface area contributed by atoms with E-state index in [4.69, 9.17) is 9.15 Å². The predicted octanol–water partition coefficient (Wildman–Crippen LogP) is 2.57. The molecule has 0 radical (unpaired) electrons. The molecule has 0 bridgehead atoms. The van der Waals surface area contributed by atoms with Crippen LogP contribution in [0.5, 0.6) is 0 Å². The average Bonchev–Trinajstić information content (AvgIpc) is 2.90. The summed E-state index contributed by atoms with van der Waals surface area (Å²) in [5, 5.41) is 2.85. The second-order valence-corrected chi connectivity index (χ2v) is 5.32. The number of oxazole rings is 1. The molecule has 2 atom stereocenters. The van der Waals surface area contributed by atoms with Crippen LogP contribution >= 0.6 is 0 Å². The molecule has 1 aromatic heterocycles. The van der Waals surface area contributed by atoms with Crippen molar-refractivity contribution in [2.45, 2.75) is 26.8 Å². The normalized spacial score (nSPS) is 13.2. The lowest BCUT2D eigenvalue weighted by molar-refractivity contribution is -0.145. The smallest absolute Gasteiger partial charge is 0.310 e. The molecule has 0 aliphatic heterocycles. The van der Waals surface area contributed by atoms with Crippen LogP contribution < -0.4 is 5.32 Å². The zero-order valence-electron chi connectivity index (χ0n) is 13.6. The molecule has 2 unspecified atom stereocenters. The fraction of sp³-hybridized carbons (Fsp3) is 0.353. The molecular formula is C17H20N2O4. The number of esters is 1. The number of aromatic nitrogens is 1. The van der Waals surface area contributed by atoms with Gasteiger partial charge in [-0.05, 0) is 19.4 Å². The van der Waals surface area contributed by atoms with Gasteiger partial charge in [-0.2, -0.15) is 0 Å². The Balaban J connectivity index is 2.29. The Morgan fingerprint density at radius 3 is 2.39 bits per heavy atom. The van der Waals surface area contributed by atoms with Crippen molar-refractivity contribution in [1.82, 2.24) is 10.3 Å². The SMILES string of the molecule is COC(=O)C(C)C(NC(=O)c1oc(C)nc1C)c1ccccc1. The van der Waals surface area contributed by atoms with Crippen LogP contribution in [0, 0.1) is 19.8 Å². The predicted molar refractivity (Wildman–Crippen MR) is 83.8 cm³/mol. The molecule has 1 heterocycles. The number of hydrogen-bond donors (Lipinski definition) is 1. The molecule has 0 saturated carbocycles. The fourth-order valence-electron chi connectivity index (χ4n) is 2.43. The first kappa shape index (κ1) is 16.7. The van der Waals surface area contributed by atoms with Crippen molar-refractivity contribution in [3.63, 3.8) is 0 Å². The molecule has 0 saturated heterocycles. The first-order valence-corrected chi connectivity index (χ1v) is 7.31. The molecule has 122 valence electrons. The third kappa shape index (κ3) is 3.77. The van der Waals surface area contributed by atoms with Crippen LogP contribution in [0.1, 0.15) is 40.7 Å². The summed E-state index contributed by atoms with van der Waals surface area (Å²) in [4.78, 5) is 28.5. The van der Waals surface area contributed by atoms with E-state index in [9.17, 15) is 9.59 Å². The molecular weight excluding hydrogens is 296 g/mol. The van der Waals surface area contributed by atoms with E-state index < -0.39 is 23.8 Å². The van der Waals surface area contributed by atoms with Crippen molar-refractivity contribution in [2.75, 3.05) is 7.11 Å². The topological polar surface area (TPSA) is 81.4 Å². The van der Waals surface area contributed by atoms with Gasteiger partial charge in [-0.15, -0.1) is 0 Å². The molecule has 2 rings (SSSR count). The van der Waals surface area contributed by atoms with E-state index in [2.05, 4.69) is 10.3 Å². The van der Waals surface area contributed by atoms with Crippen molar-refractivity contribution >= 4 is 11.9 Å². The molecule has 1 N–H and O–H groups in total. The maximum atomic E-state index is 12.5. The number of aryl methyl sites for hydroxylation is 2. The molecule has 1 aromatic carbocycles. The lowest BCUT2D eigenvalue weighted by Gasteiger charge is -2.23. The number of hydrogen-bond acceptors (Lipinski definition) is 5. The van der Waals surface area contributed by atoms with E-state index in [1.54, 1.807) is 20.8 Å². The van der Waals surface area contributed by atoms with Gasteiger partial charge in [0, 0.05) is 6.92 Å². The highest BCUT2D eigenvalue weighted by atomic mass is 16.5. The van der Waals surface area contributed by atoms with E-state index in [1.807, 2.05) is 30.3 Å². The second kappa shape index (κ2) is 7.09. The number of nitrogens with one attached hydrogen (secondary N) is 1. The van der Waals surface area contributed by atoms with Crippen molar-refractivity contribution in [1.29, 1.82) is 0 Å². The summed E-state index contributed by atoms with van der Waals surface area (Å²) in [5.74, 6) is -0.779. The highest BCUT2D eigenvalue weighted by Gasteiger charge is 2.29. The summed E-state index contributed by atoms with van der Waals surface area (Å²) < 4.78 is 10.1. The van der Waals surface area contributed by atoms with E-state index in [-0.39, 0.29) is 5.76 Å². The Morgan fingerprint density at radius 1 is 1.22 bits per heavy atom. The highest BCUT2D eigenvalue weighted by Crippen LogP contribution is 2.24. The third-order valence-corrected chi connectivity index (χ3v) is 3.63. The lowest BCUT2D eigenvalue weighted by Crippen LogP contribution is -2.36. The molecule has 6 heteroatoms. The minimum absolute atomic E-state index is 0.153. The maximum Gasteiger partial charge on any atom is 0.310 e. The Kier molecular flexibility index (Phi) is 5.16. The Hall–Kier alpha value is -2.63. The number of carbonyl (C=O) groups is 2. The zero-order chi connectivity index (χ0) is 17.0. The van der Waals surface area contributed by atoms with Crippen LogP contribution in [0.25, 0.3) is 0 Å². The van der Waals surface area contributed by atoms with Crippen LogP contribution in [-0.4, -0.2) is 24.0 Å². The fourth-order valence-corrected chi connectivity index (χ4v) is 2.43. The number of rotatable bonds is 5. The quantitative estimate of drug-likeness (QED) is 0.857. The van der Waals surface area contributed by atoms with Gasteiger partial charge in [0.2, 0.25) is 5.76 Å². The molecule has 0 aliphatic rings. The van der Waals surface area contributed by atoms with Crippen molar-refractivity contribution in [3.05, 3.63) is 53.2 Å². The van der Waals surface area contributed by atoms with E-state index in [0.717, 1.165) is 5.56 Å². The van der Waals surface area contributed by atoms with Crippen LogP contribution in [0.3, 0.4) is 0 Å². The molecule has 23 heavy (non-hydrogen) atoms. The monoisotopic (exact) mass is 316 g/mol. The summed E-state index contributed by atoms with van der Waals surface area (Å²) in [6.45, 7) is 5.09. The third-order valence-electron chi connectivity index (χ3n) is 3.63. The van der Waals surface area contributed by atoms with Gasteiger partial charge in [0.05, 0.1) is 24.8 Å². The zero-order valence-corrected chi connectivity index (χ0v) is 13.6. The van der Waals surface area contributed by atoms with Gasteiger partial charge in [-0.3, -0.25) is 9.59 Å².